The summed E-state index contributed by atoms with van der Waals surface area (Å²) in [6.45, 7) is 5.45. The van der Waals surface area contributed by atoms with Gasteiger partial charge in [-0.2, -0.15) is 0 Å². The van der Waals surface area contributed by atoms with E-state index in [2.05, 4.69) is 5.32 Å². The van der Waals surface area contributed by atoms with Crippen molar-refractivity contribution < 1.29 is 14.3 Å². The van der Waals surface area contributed by atoms with Crippen LogP contribution in [0.1, 0.15) is 29.3 Å². The first kappa shape index (κ1) is 17.2. The van der Waals surface area contributed by atoms with Crippen molar-refractivity contribution in [3.05, 3.63) is 51.7 Å². The predicted octanol–water partition coefficient (Wildman–Crippen LogP) is 3.87. The number of thiophene rings is 1. The summed E-state index contributed by atoms with van der Waals surface area (Å²) >= 11 is 1.61. The quantitative estimate of drug-likeness (QED) is 0.818. The van der Waals surface area contributed by atoms with Crippen LogP contribution in [0, 0.1) is 13.8 Å². The number of carbonyl (C=O) groups excluding carboxylic acids is 2. The third kappa shape index (κ3) is 4.93. The van der Waals surface area contributed by atoms with Crippen LogP contribution in [0.2, 0.25) is 0 Å². The molecule has 5 heteroatoms. The van der Waals surface area contributed by atoms with Crippen molar-refractivity contribution in [3.63, 3.8) is 0 Å². The van der Waals surface area contributed by atoms with Crippen LogP contribution < -0.4 is 5.32 Å². The van der Waals surface area contributed by atoms with E-state index in [0.29, 0.717) is 6.42 Å². The normalized spacial score (nSPS) is 11.8. The van der Waals surface area contributed by atoms with Gasteiger partial charge in [-0.05, 0) is 49.8 Å². The summed E-state index contributed by atoms with van der Waals surface area (Å²) in [5.74, 6) is -0.672. The van der Waals surface area contributed by atoms with Gasteiger partial charge in [0.25, 0.3) is 5.91 Å². The van der Waals surface area contributed by atoms with E-state index in [1.165, 1.54) is 0 Å². The molecule has 0 spiro atoms. The Bertz CT molecular complexity index is 659. The summed E-state index contributed by atoms with van der Waals surface area (Å²) < 4.78 is 5.22. The minimum Gasteiger partial charge on any atom is -0.453 e. The molecule has 1 atom stereocenters. The molecule has 0 radical (unpaired) electrons. The number of esters is 1. The molecule has 1 amide bonds. The lowest BCUT2D eigenvalue weighted by Crippen LogP contribution is -2.30. The Labute approximate surface area is 140 Å². The van der Waals surface area contributed by atoms with E-state index in [4.69, 9.17) is 4.74 Å². The standard InChI is InChI=1S/C18H21NO3S/c1-12-6-4-7-13(2)17(12)19-18(21)14(3)22-16(20)10-9-15-8-5-11-23-15/h4-8,11,14H,9-10H2,1-3H3,(H,19,21)/t14-/m0/s1. The molecule has 2 rings (SSSR count). The van der Waals surface area contributed by atoms with Crippen LogP contribution in [0.3, 0.4) is 0 Å². The van der Waals surface area contributed by atoms with Gasteiger partial charge in [-0.25, -0.2) is 0 Å². The lowest BCUT2D eigenvalue weighted by molar-refractivity contribution is -0.153. The van der Waals surface area contributed by atoms with Crippen molar-refractivity contribution in [1.82, 2.24) is 0 Å². The first-order chi connectivity index (χ1) is 11.0. The number of hydrogen-bond acceptors (Lipinski definition) is 4. The van der Waals surface area contributed by atoms with E-state index in [1.54, 1.807) is 18.3 Å². The van der Waals surface area contributed by atoms with Crippen LogP contribution in [0.5, 0.6) is 0 Å². The zero-order valence-corrected chi connectivity index (χ0v) is 14.4. The maximum Gasteiger partial charge on any atom is 0.306 e. The van der Waals surface area contributed by atoms with E-state index in [-0.39, 0.29) is 18.3 Å². The van der Waals surface area contributed by atoms with Crippen LogP contribution in [-0.4, -0.2) is 18.0 Å². The van der Waals surface area contributed by atoms with E-state index >= 15 is 0 Å². The number of benzene rings is 1. The number of para-hydroxylation sites is 1. The molecule has 0 fully saturated rings. The molecule has 2 aromatic rings. The molecule has 1 aromatic heterocycles. The van der Waals surface area contributed by atoms with Gasteiger partial charge in [0.2, 0.25) is 0 Å². The minimum atomic E-state index is -0.815. The number of nitrogens with one attached hydrogen (secondary N) is 1. The Balaban J connectivity index is 1.86. The third-order valence-corrected chi connectivity index (χ3v) is 4.50. The van der Waals surface area contributed by atoms with Crippen molar-refractivity contribution in [1.29, 1.82) is 0 Å². The van der Waals surface area contributed by atoms with Crippen LogP contribution >= 0.6 is 11.3 Å². The van der Waals surface area contributed by atoms with Crippen molar-refractivity contribution in [3.8, 4) is 0 Å². The van der Waals surface area contributed by atoms with Gasteiger partial charge in [0.1, 0.15) is 0 Å². The summed E-state index contributed by atoms with van der Waals surface area (Å²) in [6.07, 6.45) is 0.105. The average Bonchev–Trinajstić information content (AvgIpc) is 3.02. The first-order valence-corrected chi connectivity index (χ1v) is 8.44. The fraction of sp³-hybridized carbons (Fsp3) is 0.333. The number of carbonyl (C=O) groups is 2. The van der Waals surface area contributed by atoms with Crippen molar-refractivity contribution in [2.45, 2.75) is 39.7 Å². The SMILES string of the molecule is Cc1cccc(C)c1NC(=O)[C@H](C)OC(=O)CCc1cccs1. The molecule has 0 bridgehead atoms. The van der Waals surface area contributed by atoms with Crippen molar-refractivity contribution in [2.24, 2.45) is 0 Å². The molecule has 0 unspecified atom stereocenters. The lowest BCUT2D eigenvalue weighted by Gasteiger charge is -2.16. The van der Waals surface area contributed by atoms with Gasteiger partial charge in [0.15, 0.2) is 6.10 Å². The fourth-order valence-electron chi connectivity index (χ4n) is 2.23. The molecule has 4 nitrogen and oxygen atoms in total. The summed E-state index contributed by atoms with van der Waals surface area (Å²) in [5.41, 5.74) is 2.74. The smallest absolute Gasteiger partial charge is 0.306 e. The highest BCUT2D eigenvalue weighted by molar-refractivity contribution is 7.09. The van der Waals surface area contributed by atoms with Gasteiger partial charge in [0, 0.05) is 10.6 Å². The average molecular weight is 331 g/mol. The highest BCUT2D eigenvalue weighted by Gasteiger charge is 2.19. The Morgan fingerprint density at radius 3 is 2.48 bits per heavy atom. The molecular weight excluding hydrogens is 310 g/mol. The second kappa shape index (κ2) is 7.92. The molecule has 0 saturated heterocycles. The molecule has 23 heavy (non-hydrogen) atoms. The third-order valence-electron chi connectivity index (χ3n) is 3.56. The summed E-state index contributed by atoms with van der Waals surface area (Å²) in [4.78, 5) is 25.2. The molecule has 122 valence electrons. The highest BCUT2D eigenvalue weighted by Crippen LogP contribution is 2.20. The molecule has 1 aromatic carbocycles. The number of hydrogen-bond donors (Lipinski definition) is 1. The predicted molar refractivity (Wildman–Crippen MR) is 92.7 cm³/mol. The first-order valence-electron chi connectivity index (χ1n) is 7.56. The Morgan fingerprint density at radius 1 is 1.17 bits per heavy atom. The molecule has 0 aliphatic carbocycles. The van der Waals surface area contributed by atoms with Gasteiger partial charge in [-0.3, -0.25) is 9.59 Å². The number of amides is 1. The maximum atomic E-state index is 12.2. The summed E-state index contributed by atoms with van der Waals surface area (Å²) in [6, 6.07) is 9.73. The maximum absolute atomic E-state index is 12.2. The molecule has 0 aliphatic heterocycles. The Morgan fingerprint density at radius 2 is 1.87 bits per heavy atom. The van der Waals surface area contributed by atoms with E-state index < -0.39 is 6.10 Å². The minimum absolute atomic E-state index is 0.279. The topological polar surface area (TPSA) is 55.4 Å². The molecule has 0 saturated carbocycles. The van der Waals surface area contributed by atoms with Gasteiger partial charge in [-0.15, -0.1) is 11.3 Å². The summed E-state index contributed by atoms with van der Waals surface area (Å²) in [5, 5.41) is 4.81. The molecule has 0 aliphatic rings. The largest absolute Gasteiger partial charge is 0.453 e. The van der Waals surface area contributed by atoms with Crippen molar-refractivity contribution >= 4 is 28.9 Å². The Kier molecular flexibility index (Phi) is 5.93. The number of aryl methyl sites for hydroxylation is 3. The van der Waals surface area contributed by atoms with Gasteiger partial charge in [-0.1, -0.05) is 24.3 Å². The fourth-order valence-corrected chi connectivity index (χ4v) is 2.94. The van der Waals surface area contributed by atoms with Crippen molar-refractivity contribution in [2.75, 3.05) is 5.32 Å². The Hall–Kier alpha value is -2.14. The monoisotopic (exact) mass is 331 g/mol. The molecule has 1 heterocycles. The molecular formula is C18H21NO3S. The molecule has 1 N–H and O–H groups in total. The van der Waals surface area contributed by atoms with Gasteiger partial charge < -0.3 is 10.1 Å². The highest BCUT2D eigenvalue weighted by atomic mass is 32.1. The lowest BCUT2D eigenvalue weighted by atomic mass is 10.1. The number of anilines is 1. The van der Waals surface area contributed by atoms with Crippen LogP contribution in [0.25, 0.3) is 0 Å². The number of ether oxygens (including phenoxy) is 1. The zero-order chi connectivity index (χ0) is 16.8. The van der Waals surface area contributed by atoms with Crippen LogP contribution in [0.4, 0.5) is 5.69 Å². The van der Waals surface area contributed by atoms with Gasteiger partial charge >= 0.3 is 5.97 Å². The van der Waals surface area contributed by atoms with E-state index in [1.807, 2.05) is 49.6 Å². The zero-order valence-electron chi connectivity index (χ0n) is 13.6. The van der Waals surface area contributed by atoms with E-state index in [9.17, 15) is 9.59 Å². The second-order valence-corrected chi connectivity index (χ2v) is 6.50. The second-order valence-electron chi connectivity index (χ2n) is 5.47. The summed E-state index contributed by atoms with van der Waals surface area (Å²) in [7, 11) is 0. The van der Waals surface area contributed by atoms with Gasteiger partial charge in [0.05, 0.1) is 6.42 Å². The van der Waals surface area contributed by atoms with Crippen LogP contribution in [-0.2, 0) is 20.7 Å². The number of rotatable bonds is 6. The van der Waals surface area contributed by atoms with E-state index in [0.717, 1.165) is 21.7 Å². The van der Waals surface area contributed by atoms with Crippen LogP contribution in [0.15, 0.2) is 35.7 Å².